The minimum Gasteiger partial charge on any atom is -0.508 e. The number of carbonyl (C=O) groups excluding carboxylic acids is 15. The van der Waals surface area contributed by atoms with Crippen molar-refractivity contribution >= 4 is 105 Å². The second-order valence-corrected chi connectivity index (χ2v) is 33.4. The Kier molecular flexibility index (Phi) is 42.5. The van der Waals surface area contributed by atoms with Gasteiger partial charge in [0.25, 0.3) is 11.7 Å². The molecule has 0 bridgehead atoms. The molecule has 4 aromatic carbocycles. The summed E-state index contributed by atoms with van der Waals surface area (Å²) in [4.78, 5) is 224. The summed E-state index contributed by atoms with van der Waals surface area (Å²) < 4.78 is 5.19. The average molecular weight is 1860 g/mol. The number of amides is 15. The van der Waals surface area contributed by atoms with Crippen molar-refractivity contribution < 1.29 is 92.0 Å². The third-order valence-corrected chi connectivity index (χ3v) is 21.3. The molecule has 13 atom stereocenters. The number of aromatic amines is 2. The van der Waals surface area contributed by atoms with Crippen molar-refractivity contribution in [3.8, 4) is 17.2 Å². The molecular formula is C90H125N25O19. The predicted octanol–water partition coefficient (Wildman–Crippen LogP) is -1.61. The van der Waals surface area contributed by atoms with Crippen molar-refractivity contribution in [2.75, 3.05) is 33.4 Å². The van der Waals surface area contributed by atoms with Crippen LogP contribution >= 0.6 is 0 Å². The minimum atomic E-state index is -1.69. The van der Waals surface area contributed by atoms with Crippen LogP contribution in [0.2, 0.25) is 0 Å². The van der Waals surface area contributed by atoms with E-state index in [0.717, 1.165) is 4.80 Å². The van der Waals surface area contributed by atoms with E-state index in [4.69, 9.17) is 21.6 Å². The lowest BCUT2D eigenvalue weighted by molar-refractivity contribution is -0.137. The fourth-order valence-electron chi connectivity index (χ4n) is 14.1. The number of aliphatic hydroxyl groups excluding tert-OH is 2. The van der Waals surface area contributed by atoms with Crippen LogP contribution in [-0.2, 0) is 92.8 Å². The Hall–Kier alpha value is -14.7. The Morgan fingerprint density at radius 3 is 1.50 bits per heavy atom. The van der Waals surface area contributed by atoms with Crippen LogP contribution in [0.1, 0.15) is 153 Å². The quantitative estimate of drug-likeness (QED) is 0.00882. The summed E-state index contributed by atoms with van der Waals surface area (Å²) in [6.45, 7) is 15.3. The normalized spacial score (nSPS) is 14.1. The number of methoxy groups -OCH3 is 1. The summed E-state index contributed by atoms with van der Waals surface area (Å²) >= 11 is 0. The maximum Gasteiger partial charge on any atom is 0.292 e. The smallest absolute Gasteiger partial charge is 0.292 e. The molecule has 0 spiro atoms. The lowest BCUT2D eigenvalue weighted by atomic mass is 10.0. The molecule has 134 heavy (non-hydrogen) atoms. The molecule has 0 radical (unpaired) electrons. The van der Waals surface area contributed by atoms with E-state index in [1.165, 1.54) is 71.6 Å². The average Bonchev–Trinajstić information content (AvgIpc) is 1.65. The van der Waals surface area contributed by atoms with Gasteiger partial charge in [-0.15, -0.1) is 15.0 Å². The highest BCUT2D eigenvalue weighted by atomic mass is 16.5. The van der Waals surface area contributed by atoms with Crippen LogP contribution in [0.3, 0.4) is 0 Å². The summed E-state index contributed by atoms with van der Waals surface area (Å²) in [5.41, 5.74) is 14.1. The number of hydrogen-bond donors (Lipinski definition) is 23. The SMILES string of the molecule is C=C(C)C(=O)NCCCC[C@H](NC(=O)[C@H](Cc1ccccc1)NC(=O)[C@@H](NC(=O)[C@H](CC(C)C)NC(C)=O)[C@@H](C)O)C(=O)N[C@@H](Cc1cnc[nH]1)C(=O)N[C@@H](Cc1ccc(O)cc1)C(=O)N[C@@H](Cc1c[nH]c2ccccc12)C(=O)N[C@@H](C)C(=O)N[C@@H](CCCNC(=N)N)C(=O)N[C@@H](CC(C)C)C(=O)N[C@@H](CCCCNC(=O)c1nnn(-c2ccc(OC)cc2)n1)C(=O)N[C@@H](CO)C(N)=O. The van der Waals surface area contributed by atoms with Crippen molar-refractivity contribution in [2.24, 2.45) is 23.3 Å². The number of tetrazole rings is 1. The van der Waals surface area contributed by atoms with E-state index in [9.17, 15) is 63.3 Å². The second kappa shape index (κ2) is 53.6. The molecule has 0 saturated carbocycles. The van der Waals surface area contributed by atoms with Crippen LogP contribution in [0, 0.1) is 17.2 Å². The van der Waals surface area contributed by atoms with Gasteiger partial charge in [-0.25, -0.2) is 4.98 Å². The molecule has 0 unspecified atom stereocenters. The Balaban J connectivity index is 1.14. The summed E-state index contributed by atoms with van der Waals surface area (Å²) in [5, 5.41) is 91.4. The molecule has 25 N–H and O–H groups in total. The molecule has 3 heterocycles. The first-order valence-corrected chi connectivity index (χ1v) is 44.1. The number of aromatic hydroxyl groups is 1. The van der Waals surface area contributed by atoms with Crippen LogP contribution in [0.25, 0.3) is 16.6 Å². The monoisotopic (exact) mass is 1860 g/mol. The number of nitrogens with zero attached hydrogens (tertiary/aromatic N) is 5. The van der Waals surface area contributed by atoms with Gasteiger partial charge in [0.2, 0.25) is 82.7 Å². The van der Waals surface area contributed by atoms with E-state index in [1.54, 1.807) is 98.9 Å². The maximum absolute atomic E-state index is 15.5. The maximum atomic E-state index is 15.5. The number of unbranched alkanes of at least 4 members (excludes halogenated alkanes) is 2. The van der Waals surface area contributed by atoms with E-state index < -0.39 is 180 Å². The van der Waals surface area contributed by atoms with Crippen molar-refractivity contribution in [3.63, 3.8) is 0 Å². The Bertz CT molecular complexity index is 5140. The number of hydrogen-bond acceptors (Lipinski definition) is 24. The Morgan fingerprint density at radius 2 is 0.970 bits per heavy atom. The first kappa shape index (κ1) is 106. The molecule has 7 rings (SSSR count). The van der Waals surface area contributed by atoms with Gasteiger partial charge in [0.15, 0.2) is 5.96 Å². The number of aromatic nitrogens is 7. The number of carbonyl (C=O) groups is 15. The highest BCUT2D eigenvalue weighted by Crippen LogP contribution is 2.22. The number of ether oxygens (including phenoxy) is 1. The van der Waals surface area contributed by atoms with Crippen LogP contribution < -0.4 is 96.0 Å². The number of primary amides is 1. The largest absolute Gasteiger partial charge is 0.508 e. The number of nitrogens with two attached hydrogens (primary N) is 2. The molecule has 44 nitrogen and oxygen atoms in total. The lowest BCUT2D eigenvalue weighted by Gasteiger charge is -2.29. The number of phenols is 1. The zero-order chi connectivity index (χ0) is 98.3. The number of nitrogens with one attached hydrogen (secondary N) is 18. The number of fused-ring (bicyclic) bond motifs is 1. The highest BCUT2D eigenvalue weighted by molar-refractivity contribution is 6.01. The highest BCUT2D eigenvalue weighted by Gasteiger charge is 2.39. The summed E-state index contributed by atoms with van der Waals surface area (Å²) in [6, 6.07) is 9.35. The molecule has 3 aromatic heterocycles. The second-order valence-electron chi connectivity index (χ2n) is 33.4. The number of imidazole rings is 1. The van der Waals surface area contributed by atoms with Gasteiger partial charge in [-0.2, -0.15) is 0 Å². The van der Waals surface area contributed by atoms with Gasteiger partial charge >= 0.3 is 0 Å². The van der Waals surface area contributed by atoms with Gasteiger partial charge < -0.3 is 121 Å². The van der Waals surface area contributed by atoms with Crippen LogP contribution in [0.4, 0.5) is 0 Å². The van der Waals surface area contributed by atoms with Crippen LogP contribution in [-0.4, -0.2) is 257 Å². The van der Waals surface area contributed by atoms with E-state index in [0.29, 0.717) is 39.0 Å². The Labute approximate surface area is 774 Å². The fraction of sp³-hybridized carbons (Fsp3) is 0.467. The van der Waals surface area contributed by atoms with E-state index in [1.807, 2.05) is 13.8 Å². The third kappa shape index (κ3) is 35.2. The molecule has 0 fully saturated rings. The van der Waals surface area contributed by atoms with Crippen LogP contribution in [0.15, 0.2) is 134 Å². The molecule has 0 aliphatic rings. The first-order chi connectivity index (χ1) is 63.8. The number of H-pyrrole nitrogens is 2. The van der Waals surface area contributed by atoms with Gasteiger partial charge in [-0.1, -0.05) is 94.9 Å². The van der Waals surface area contributed by atoms with Gasteiger partial charge in [-0.05, 0) is 161 Å². The fourth-order valence-corrected chi connectivity index (χ4v) is 14.1. The topological polar surface area (TPSA) is 670 Å². The summed E-state index contributed by atoms with van der Waals surface area (Å²) in [5.74, 6) is -13.9. The van der Waals surface area contributed by atoms with Gasteiger partial charge in [0.05, 0.1) is 31.8 Å². The molecular weight excluding hydrogens is 1740 g/mol. The summed E-state index contributed by atoms with van der Waals surface area (Å²) in [6.07, 6.45) is 1.91. The predicted molar refractivity (Wildman–Crippen MR) is 490 cm³/mol. The Morgan fingerprint density at radius 1 is 0.500 bits per heavy atom. The van der Waals surface area contributed by atoms with E-state index in [2.05, 4.69) is 117 Å². The van der Waals surface area contributed by atoms with Crippen molar-refractivity contribution in [3.05, 3.63) is 162 Å². The third-order valence-electron chi connectivity index (χ3n) is 21.3. The van der Waals surface area contributed by atoms with Gasteiger partial charge in [-0.3, -0.25) is 77.3 Å². The van der Waals surface area contributed by atoms with Crippen molar-refractivity contribution in [2.45, 2.75) is 224 Å². The van der Waals surface area contributed by atoms with Crippen LogP contribution in [0.5, 0.6) is 11.5 Å². The zero-order valence-corrected chi connectivity index (χ0v) is 76.4. The minimum absolute atomic E-state index is 0.00832. The molecule has 7 aromatic rings. The van der Waals surface area contributed by atoms with Gasteiger partial charge in [0.1, 0.15) is 84.0 Å². The van der Waals surface area contributed by atoms with Gasteiger partial charge in [0, 0.05) is 86.8 Å². The zero-order valence-electron chi connectivity index (χ0n) is 76.4. The van der Waals surface area contributed by atoms with E-state index in [-0.39, 0.29) is 144 Å². The number of benzene rings is 4. The number of para-hydroxylation sites is 1. The number of phenolic OH excluding ortho intramolecular Hbond substituents is 1. The lowest BCUT2D eigenvalue weighted by Crippen LogP contribution is -2.62. The molecule has 0 aliphatic heterocycles. The van der Waals surface area contributed by atoms with E-state index >= 15 is 24.0 Å². The molecule has 724 valence electrons. The number of aliphatic hydroxyl groups is 2. The molecule has 0 saturated heterocycles. The molecule has 44 heteroatoms. The standard InChI is InChI=1S/C90H125N25O19/c1-49(2)39-67(101-54(9)118)87(131)111-74(53(8)117)88(132)109-70(41-55-21-12-11-13-22-55)84(128)104-64(25-16-18-36-95-77(121)51(5)6)79(123)108-72(44-58-46-94-48-99-58)86(130)106-69(42-56-28-32-60(119)33-29-56)85(129)107-71(43-57-45-98-63-24-15-14-23-62(57)63)82(126)100-52(7)78(122)102-66(27-20-38-97-90(92)93)80(124)105-68(40-50(3)4)83(127)103-65(81(125)110-73(47-116)75(91)120)26-17-19-37-96-89(133)76-112-114-115(113-76)59-30-34-61(134-10)35-31-59/h11-15,21-24,28-35,45-46,48-50,52-53,64-74,98,116-117,119H,5,16-20,25-27,36-44,47H2,1-4,6-10H3,(H2,91,120)(H,94,99)(H,95,121)(H,96,133)(H,100,126)(H,101,118)(H,102,122)(H,103,127)(H,104,128)(H,105,124)(H,106,130)(H,107,129)(H,108,123)(H,109,132)(H,110,125)(H,111,131)(H4,92,93,97)/t52-,53+,64-,65-,66-,67-,68-,69-,70-,71-,72-,73-,74-/m0/s1. The van der Waals surface area contributed by atoms with Crippen molar-refractivity contribution in [1.29, 1.82) is 5.41 Å². The molecule has 0 aliphatic carbocycles. The number of rotatable bonds is 56. The summed E-state index contributed by atoms with van der Waals surface area (Å²) in [7, 11) is 1.51. The van der Waals surface area contributed by atoms with Crippen molar-refractivity contribution in [1.82, 2.24) is 115 Å². The number of guanidine groups is 1. The first-order valence-electron chi connectivity index (χ1n) is 44.1. The molecule has 15 amide bonds.